The first-order valence-corrected chi connectivity index (χ1v) is 8.17. The summed E-state index contributed by atoms with van der Waals surface area (Å²) in [6.07, 6.45) is 1.75. The Kier molecular flexibility index (Phi) is 3.62. The smallest absolute Gasteiger partial charge is 0.210 e. The Balaban J connectivity index is 2.01. The van der Waals surface area contributed by atoms with E-state index in [1.807, 2.05) is 13.0 Å². The molecule has 2 heteroatoms. The zero-order valence-corrected chi connectivity index (χ0v) is 13.3. The highest BCUT2D eigenvalue weighted by Gasteiger charge is 2.54. The van der Waals surface area contributed by atoms with Gasteiger partial charge in [-0.1, -0.05) is 51.1 Å². The van der Waals surface area contributed by atoms with Gasteiger partial charge in [0.2, 0.25) is 6.43 Å². The number of rotatable bonds is 2. The Morgan fingerprint density at radius 3 is 2.33 bits per heavy atom. The highest BCUT2D eigenvalue weighted by atomic mass is 19.3. The van der Waals surface area contributed by atoms with Crippen LogP contribution >= 0.6 is 0 Å². The second-order valence-corrected chi connectivity index (χ2v) is 8.25. The quantitative estimate of drug-likeness (QED) is 0.658. The van der Waals surface area contributed by atoms with Crippen molar-refractivity contribution in [1.29, 1.82) is 0 Å². The first-order chi connectivity index (χ1) is 9.83. The lowest BCUT2D eigenvalue weighted by atomic mass is 9.48. The summed E-state index contributed by atoms with van der Waals surface area (Å²) in [5.41, 5.74) is 1.63. The maximum atomic E-state index is 13.5. The average molecular weight is 292 g/mol. The number of fused-ring (bicyclic) bond motifs is 2. The molecule has 0 heterocycles. The van der Waals surface area contributed by atoms with Crippen molar-refractivity contribution >= 4 is 0 Å². The molecule has 0 radical (unpaired) electrons. The largest absolute Gasteiger partial charge is 0.241 e. The molecule has 2 saturated carbocycles. The molecule has 4 atom stereocenters. The second-order valence-electron chi connectivity index (χ2n) is 8.25. The lowest BCUT2D eigenvalue weighted by Gasteiger charge is -2.56. The molecule has 2 bridgehead atoms. The molecule has 0 saturated heterocycles. The Morgan fingerprint density at radius 2 is 1.71 bits per heavy atom. The van der Waals surface area contributed by atoms with Crippen molar-refractivity contribution in [2.45, 2.75) is 58.3 Å². The molecule has 0 nitrogen and oxygen atoms in total. The summed E-state index contributed by atoms with van der Waals surface area (Å²) in [6, 6.07) is 10.6. The van der Waals surface area contributed by atoms with E-state index in [-0.39, 0.29) is 22.7 Å². The van der Waals surface area contributed by atoms with E-state index in [1.165, 1.54) is 5.56 Å². The summed E-state index contributed by atoms with van der Waals surface area (Å²) in [4.78, 5) is 0. The van der Waals surface area contributed by atoms with Crippen molar-refractivity contribution in [3.63, 3.8) is 0 Å². The van der Waals surface area contributed by atoms with Gasteiger partial charge >= 0.3 is 0 Å². The van der Waals surface area contributed by atoms with E-state index in [0.717, 1.165) is 25.7 Å². The number of hydrogen-bond acceptors (Lipinski definition) is 0. The van der Waals surface area contributed by atoms with E-state index in [2.05, 4.69) is 38.1 Å². The van der Waals surface area contributed by atoms with Gasteiger partial charge in [0.25, 0.3) is 0 Å². The summed E-state index contributed by atoms with van der Waals surface area (Å²) in [6.45, 7) is 6.56. The van der Waals surface area contributed by atoms with E-state index in [1.54, 1.807) is 0 Å². The van der Waals surface area contributed by atoms with Crippen LogP contribution in [0, 0.1) is 23.2 Å². The third-order valence-corrected chi connectivity index (χ3v) is 5.88. The maximum absolute atomic E-state index is 13.5. The Hall–Kier alpha value is -0.920. The molecule has 0 N–H and O–H groups in total. The van der Waals surface area contributed by atoms with Crippen LogP contribution < -0.4 is 0 Å². The van der Waals surface area contributed by atoms with Crippen LogP contribution in [-0.4, -0.2) is 6.43 Å². The van der Waals surface area contributed by atoms with Gasteiger partial charge in [-0.3, -0.25) is 0 Å². The van der Waals surface area contributed by atoms with Crippen LogP contribution in [0.5, 0.6) is 0 Å². The van der Waals surface area contributed by atoms with Crippen LogP contribution in [0.4, 0.5) is 8.78 Å². The predicted octanol–water partition coefficient (Wildman–Crippen LogP) is 5.67. The Labute approximate surface area is 126 Å². The van der Waals surface area contributed by atoms with Crippen molar-refractivity contribution in [1.82, 2.24) is 0 Å². The molecule has 2 aliphatic carbocycles. The molecule has 4 unspecified atom stereocenters. The maximum Gasteiger partial charge on any atom is 0.241 e. The van der Waals surface area contributed by atoms with Gasteiger partial charge < -0.3 is 0 Å². The van der Waals surface area contributed by atoms with Gasteiger partial charge in [-0.15, -0.1) is 0 Å². The van der Waals surface area contributed by atoms with E-state index in [4.69, 9.17) is 0 Å². The minimum atomic E-state index is -2.17. The number of hydrogen-bond donors (Lipinski definition) is 0. The minimum absolute atomic E-state index is 0.110. The minimum Gasteiger partial charge on any atom is -0.210 e. The van der Waals surface area contributed by atoms with E-state index in [9.17, 15) is 8.78 Å². The third-order valence-electron chi connectivity index (χ3n) is 5.88. The lowest BCUT2D eigenvalue weighted by molar-refractivity contribution is -0.0790. The summed E-state index contributed by atoms with van der Waals surface area (Å²) in [5, 5.41) is 0. The van der Waals surface area contributed by atoms with Crippen LogP contribution in [0.25, 0.3) is 0 Å². The fraction of sp³-hybridized carbons (Fsp3) is 0.684. The van der Waals surface area contributed by atoms with Gasteiger partial charge in [-0.25, -0.2) is 8.78 Å². The monoisotopic (exact) mass is 292 g/mol. The molecule has 0 amide bonds. The predicted molar refractivity (Wildman–Crippen MR) is 82.5 cm³/mol. The topological polar surface area (TPSA) is 0 Å². The second kappa shape index (κ2) is 5.07. The van der Waals surface area contributed by atoms with Gasteiger partial charge in [0, 0.05) is 5.92 Å². The normalized spacial score (nSPS) is 38.5. The highest BCUT2D eigenvalue weighted by molar-refractivity contribution is 5.28. The van der Waals surface area contributed by atoms with Crippen molar-refractivity contribution in [3.8, 4) is 0 Å². The van der Waals surface area contributed by atoms with E-state index < -0.39 is 12.3 Å². The molecule has 0 aromatic heterocycles. The van der Waals surface area contributed by atoms with Gasteiger partial charge in [-0.2, -0.15) is 0 Å². The van der Waals surface area contributed by atoms with Gasteiger partial charge in [-0.05, 0) is 53.9 Å². The van der Waals surface area contributed by atoms with Gasteiger partial charge in [0.15, 0.2) is 0 Å². The molecule has 1 aromatic rings. The zero-order valence-electron chi connectivity index (χ0n) is 13.3. The average Bonchev–Trinajstić information content (AvgIpc) is 2.36. The first-order valence-electron chi connectivity index (χ1n) is 8.17. The first kappa shape index (κ1) is 15.0. The van der Waals surface area contributed by atoms with E-state index >= 15 is 0 Å². The third kappa shape index (κ3) is 2.62. The summed E-state index contributed by atoms with van der Waals surface area (Å²) < 4.78 is 27.1. The summed E-state index contributed by atoms with van der Waals surface area (Å²) in [7, 11) is 0. The summed E-state index contributed by atoms with van der Waals surface area (Å²) in [5.74, 6) is -0.140. The fourth-order valence-electron chi connectivity index (χ4n) is 5.57. The van der Waals surface area contributed by atoms with Gasteiger partial charge in [0.1, 0.15) is 0 Å². The van der Waals surface area contributed by atoms with Crippen LogP contribution in [0.3, 0.4) is 0 Å². The van der Waals surface area contributed by atoms with Crippen LogP contribution in [0.1, 0.15) is 52.0 Å². The number of alkyl halides is 2. The molecule has 2 fully saturated rings. The number of benzene rings is 1. The molecule has 0 spiro atoms. The standard InChI is InChI=1S/C19H26F2/c1-13-9-19(15-7-5-4-6-8-15)11-14(16(13)17(20)21)10-18(2,3)12-19/h4-8,13-14,16-17H,9-12H2,1-3H3. The van der Waals surface area contributed by atoms with Crippen LogP contribution in [-0.2, 0) is 5.41 Å². The molecule has 116 valence electrons. The molecule has 1 aromatic carbocycles. The van der Waals surface area contributed by atoms with Crippen LogP contribution in [0.15, 0.2) is 30.3 Å². The van der Waals surface area contributed by atoms with Crippen molar-refractivity contribution in [3.05, 3.63) is 35.9 Å². The fourth-order valence-corrected chi connectivity index (χ4v) is 5.57. The molecule has 0 aliphatic heterocycles. The highest BCUT2D eigenvalue weighted by Crippen LogP contribution is 2.60. The molecule has 3 rings (SSSR count). The molecule has 21 heavy (non-hydrogen) atoms. The summed E-state index contributed by atoms with van der Waals surface area (Å²) >= 11 is 0. The van der Waals surface area contributed by atoms with E-state index in [0.29, 0.717) is 0 Å². The van der Waals surface area contributed by atoms with Crippen LogP contribution in [0.2, 0.25) is 0 Å². The molecular formula is C19H26F2. The Morgan fingerprint density at radius 1 is 1.05 bits per heavy atom. The van der Waals surface area contributed by atoms with Crippen molar-refractivity contribution in [2.75, 3.05) is 0 Å². The van der Waals surface area contributed by atoms with Crippen molar-refractivity contribution in [2.24, 2.45) is 23.2 Å². The molecule has 2 aliphatic rings. The van der Waals surface area contributed by atoms with Gasteiger partial charge in [0.05, 0.1) is 0 Å². The van der Waals surface area contributed by atoms with Crippen molar-refractivity contribution < 1.29 is 8.78 Å². The SMILES string of the molecule is CC1CC2(c3ccccc3)CC(CC(C)(C)C2)C1C(F)F. The number of halogens is 2. The molecular weight excluding hydrogens is 266 g/mol. The Bertz CT molecular complexity index is 490. The zero-order chi connectivity index (χ0) is 15.3. The lowest BCUT2D eigenvalue weighted by Crippen LogP contribution is -2.51.